The molecule has 1 N–H and O–H groups in total. The maximum atomic E-state index is 13.4. The fourth-order valence-electron chi connectivity index (χ4n) is 4.19. The van der Waals surface area contributed by atoms with Gasteiger partial charge in [0, 0.05) is 18.5 Å². The molecule has 176 valence electrons. The van der Waals surface area contributed by atoms with Gasteiger partial charge in [0.1, 0.15) is 18.1 Å². The highest BCUT2D eigenvalue weighted by atomic mass is 16.5. The van der Waals surface area contributed by atoms with Crippen LogP contribution in [0.5, 0.6) is 5.75 Å². The third-order valence-electron chi connectivity index (χ3n) is 5.83. The summed E-state index contributed by atoms with van der Waals surface area (Å²) in [5.41, 5.74) is 2.12. The number of ketones is 1. The number of hydrogen-bond donors (Lipinski definition) is 1. The van der Waals surface area contributed by atoms with Crippen molar-refractivity contribution in [3.8, 4) is 5.75 Å². The molecule has 1 amide bonds. The van der Waals surface area contributed by atoms with E-state index in [0.717, 1.165) is 5.56 Å². The largest absolute Gasteiger partial charge is 0.872 e. The number of aromatic amines is 1. The van der Waals surface area contributed by atoms with E-state index in [1.165, 1.54) is 4.90 Å². The highest BCUT2D eigenvalue weighted by Gasteiger charge is 2.43. The number of carbonyl (C=O) groups excluding carboxylic acids is 2. The zero-order chi connectivity index (χ0) is 24.2. The smallest absolute Gasteiger partial charge is 0.295 e. The first-order valence-corrected chi connectivity index (χ1v) is 11.5. The molecule has 0 aliphatic carbocycles. The normalized spacial score (nSPS) is 17.5. The van der Waals surface area contributed by atoms with Gasteiger partial charge >= 0.3 is 0 Å². The van der Waals surface area contributed by atoms with Gasteiger partial charge in [-0.25, -0.2) is 4.57 Å². The molecule has 1 saturated heterocycles. The van der Waals surface area contributed by atoms with Gasteiger partial charge in [-0.3, -0.25) is 14.6 Å². The van der Waals surface area contributed by atoms with E-state index in [1.54, 1.807) is 12.1 Å². The van der Waals surface area contributed by atoms with Gasteiger partial charge in [-0.2, -0.15) is 0 Å². The molecule has 0 saturated carbocycles. The van der Waals surface area contributed by atoms with Gasteiger partial charge in [0.25, 0.3) is 5.91 Å². The fourth-order valence-corrected chi connectivity index (χ4v) is 4.19. The summed E-state index contributed by atoms with van der Waals surface area (Å²) in [6.07, 6.45) is 6.22. The lowest BCUT2D eigenvalue weighted by Crippen LogP contribution is -2.36. The van der Waals surface area contributed by atoms with Gasteiger partial charge in [-0.15, -0.1) is 0 Å². The predicted molar refractivity (Wildman–Crippen MR) is 125 cm³/mol. The number of rotatable bonds is 8. The number of benzene rings is 2. The summed E-state index contributed by atoms with van der Waals surface area (Å²) in [6, 6.07) is 13.6. The Morgan fingerprint density at radius 1 is 1.12 bits per heavy atom. The summed E-state index contributed by atoms with van der Waals surface area (Å²) < 4.78 is 7.70. The molecule has 4 rings (SSSR count). The van der Waals surface area contributed by atoms with E-state index >= 15 is 0 Å². The van der Waals surface area contributed by atoms with E-state index in [0.29, 0.717) is 36.4 Å². The van der Waals surface area contributed by atoms with Crippen molar-refractivity contribution in [1.82, 2.24) is 9.88 Å². The number of nitrogens with zero attached hydrogens (tertiary/aromatic N) is 2. The average molecular weight is 460 g/mol. The standard InChI is InChI=1S/C27H29N3O4/c1-18(2)34-22-11-9-20(10-12-22)24-23(25(31)21-7-5-19(3)6-8-21)26(32)27(33)30(24)15-4-14-29-16-13-28-17-29/h5-13,16-18,24H,4,14-15H2,1-3H3,(H,31,32). The third kappa shape index (κ3) is 4.88. The van der Waals surface area contributed by atoms with E-state index in [-0.39, 0.29) is 11.7 Å². The number of amides is 1. The zero-order valence-electron chi connectivity index (χ0n) is 19.7. The Balaban J connectivity index is 1.71. The van der Waals surface area contributed by atoms with E-state index in [2.05, 4.69) is 4.98 Å². The molecule has 34 heavy (non-hydrogen) atoms. The van der Waals surface area contributed by atoms with Crippen LogP contribution in [-0.2, 0) is 16.1 Å². The number of nitrogens with one attached hydrogen (secondary N) is 1. The minimum Gasteiger partial charge on any atom is -0.872 e. The van der Waals surface area contributed by atoms with Crippen molar-refractivity contribution >= 4 is 17.4 Å². The fraction of sp³-hybridized carbons (Fsp3) is 0.296. The van der Waals surface area contributed by atoms with E-state index in [9.17, 15) is 14.7 Å². The molecule has 7 heteroatoms. The number of aryl methyl sites for hydroxylation is 2. The molecule has 0 bridgehead atoms. The molecule has 2 aromatic carbocycles. The summed E-state index contributed by atoms with van der Waals surface area (Å²) >= 11 is 0. The molecule has 1 fully saturated rings. The van der Waals surface area contributed by atoms with Crippen molar-refractivity contribution < 1.29 is 24.0 Å². The molecule has 1 aliphatic rings. The Kier molecular flexibility index (Phi) is 6.82. The van der Waals surface area contributed by atoms with E-state index in [4.69, 9.17) is 4.74 Å². The summed E-state index contributed by atoms with van der Waals surface area (Å²) in [5.74, 6) is -1.08. The van der Waals surface area contributed by atoms with E-state index < -0.39 is 23.5 Å². The zero-order valence-corrected chi connectivity index (χ0v) is 19.7. The number of hydrogen-bond acceptors (Lipinski definition) is 4. The molecule has 0 radical (unpaired) electrons. The SMILES string of the molecule is Cc1ccc(C([O-])=C2C(=O)C(=O)N(CCC[n+]3cc[nH]c3)C2c2ccc(OC(C)C)cc2)cc1. The van der Waals surface area contributed by atoms with Crippen LogP contribution in [0.4, 0.5) is 0 Å². The quantitative estimate of drug-likeness (QED) is 0.243. The van der Waals surface area contributed by atoms with Crippen LogP contribution in [0.25, 0.3) is 5.76 Å². The van der Waals surface area contributed by atoms with Crippen LogP contribution in [0.1, 0.15) is 43.0 Å². The molecule has 1 unspecified atom stereocenters. The van der Waals surface area contributed by atoms with Gasteiger partial charge < -0.3 is 14.7 Å². The van der Waals surface area contributed by atoms with Gasteiger partial charge in [-0.05, 0) is 44.0 Å². The predicted octanol–water partition coefficient (Wildman–Crippen LogP) is 2.71. The molecule has 1 atom stereocenters. The second-order valence-corrected chi connectivity index (χ2v) is 8.78. The number of imidazole rings is 1. The molecule has 7 nitrogen and oxygen atoms in total. The van der Waals surface area contributed by atoms with Gasteiger partial charge in [-0.1, -0.05) is 47.7 Å². The Labute approximate surface area is 199 Å². The summed E-state index contributed by atoms with van der Waals surface area (Å²) in [6.45, 7) is 6.84. The second-order valence-electron chi connectivity index (χ2n) is 8.78. The summed E-state index contributed by atoms with van der Waals surface area (Å²) in [5, 5.41) is 13.4. The monoisotopic (exact) mass is 459 g/mol. The Hall–Kier alpha value is -3.87. The van der Waals surface area contributed by atoms with Crippen LogP contribution in [0.3, 0.4) is 0 Å². The van der Waals surface area contributed by atoms with Gasteiger partial charge in [0.15, 0.2) is 0 Å². The lowest BCUT2D eigenvalue weighted by Gasteiger charge is -2.27. The van der Waals surface area contributed by atoms with Crippen molar-refractivity contribution in [1.29, 1.82) is 0 Å². The molecular formula is C27H29N3O4. The van der Waals surface area contributed by atoms with Crippen LogP contribution < -0.4 is 14.4 Å². The van der Waals surface area contributed by atoms with Crippen LogP contribution in [0, 0.1) is 6.92 Å². The lowest BCUT2D eigenvalue weighted by molar-refractivity contribution is -0.695. The van der Waals surface area contributed by atoms with Crippen molar-refractivity contribution in [2.75, 3.05) is 6.54 Å². The molecule has 1 aliphatic heterocycles. The Bertz CT molecular complexity index is 1180. The first-order chi connectivity index (χ1) is 16.3. The van der Waals surface area contributed by atoms with Crippen molar-refractivity contribution in [3.05, 3.63) is 89.5 Å². The number of carbonyl (C=O) groups is 2. The lowest BCUT2D eigenvalue weighted by atomic mass is 9.95. The average Bonchev–Trinajstić information content (AvgIpc) is 3.42. The number of aromatic nitrogens is 2. The topological polar surface area (TPSA) is 89.3 Å². The van der Waals surface area contributed by atoms with Crippen LogP contribution >= 0.6 is 0 Å². The Morgan fingerprint density at radius 2 is 1.82 bits per heavy atom. The Morgan fingerprint density at radius 3 is 2.44 bits per heavy atom. The van der Waals surface area contributed by atoms with Crippen LogP contribution in [0.2, 0.25) is 0 Å². The van der Waals surface area contributed by atoms with E-state index in [1.807, 2.05) is 80.5 Å². The van der Waals surface area contributed by atoms with Crippen LogP contribution in [0.15, 0.2) is 72.8 Å². The van der Waals surface area contributed by atoms with Crippen molar-refractivity contribution in [2.45, 2.75) is 45.9 Å². The molecule has 3 aromatic rings. The third-order valence-corrected chi connectivity index (χ3v) is 5.83. The maximum Gasteiger partial charge on any atom is 0.295 e. The molecule has 0 spiro atoms. The van der Waals surface area contributed by atoms with Gasteiger partial charge in [0.2, 0.25) is 12.1 Å². The van der Waals surface area contributed by atoms with Crippen molar-refractivity contribution in [2.24, 2.45) is 0 Å². The number of likely N-dealkylation sites (tertiary alicyclic amines) is 1. The first kappa shape index (κ1) is 23.3. The van der Waals surface area contributed by atoms with Crippen molar-refractivity contribution in [3.63, 3.8) is 0 Å². The molecule has 1 aromatic heterocycles. The van der Waals surface area contributed by atoms with Crippen LogP contribution in [-0.4, -0.2) is 34.2 Å². The number of H-pyrrole nitrogens is 1. The maximum absolute atomic E-state index is 13.4. The minimum atomic E-state index is -0.738. The first-order valence-electron chi connectivity index (χ1n) is 11.5. The minimum absolute atomic E-state index is 0.000628. The second kappa shape index (κ2) is 9.95. The molecular weight excluding hydrogens is 430 g/mol. The summed E-state index contributed by atoms with van der Waals surface area (Å²) in [4.78, 5) is 30.7. The molecule has 2 heterocycles. The summed E-state index contributed by atoms with van der Waals surface area (Å²) in [7, 11) is 0. The highest BCUT2D eigenvalue weighted by molar-refractivity contribution is 6.46. The number of ether oxygens (including phenoxy) is 1. The number of Topliss-reactive ketones (excluding diaryl/α,β-unsaturated/α-hetero) is 1. The highest BCUT2D eigenvalue weighted by Crippen LogP contribution is 2.39. The van der Waals surface area contributed by atoms with Gasteiger partial charge in [0.05, 0.1) is 18.7 Å².